The third-order valence-corrected chi connectivity index (χ3v) is 5.37. The van der Waals surface area contributed by atoms with Crippen molar-refractivity contribution in [3.05, 3.63) is 101 Å². The molecular formula is C27H22ClN3O4. The van der Waals surface area contributed by atoms with Crippen LogP contribution in [-0.4, -0.2) is 25.1 Å². The van der Waals surface area contributed by atoms with E-state index in [1.807, 2.05) is 48.5 Å². The average molecular weight is 488 g/mol. The number of rotatable bonds is 7. The third-order valence-electron chi connectivity index (χ3n) is 5.12. The highest BCUT2D eigenvalue weighted by molar-refractivity contribution is 6.40. The lowest BCUT2D eigenvalue weighted by atomic mass is 10.1. The molecule has 0 unspecified atom stereocenters. The minimum atomic E-state index is -0.885. The van der Waals surface area contributed by atoms with Crippen LogP contribution in [0.5, 0.6) is 11.5 Å². The fraction of sp³-hybridized carbons (Fsp3) is 0.0741. The predicted molar refractivity (Wildman–Crippen MR) is 137 cm³/mol. The molecule has 2 N–H and O–H groups in total. The lowest BCUT2D eigenvalue weighted by Gasteiger charge is -2.11. The van der Waals surface area contributed by atoms with Crippen molar-refractivity contribution in [3.63, 3.8) is 0 Å². The van der Waals surface area contributed by atoms with Crippen LogP contribution in [0.15, 0.2) is 90.0 Å². The van der Waals surface area contributed by atoms with E-state index in [9.17, 15) is 9.59 Å². The van der Waals surface area contributed by atoms with Crippen molar-refractivity contribution in [1.82, 2.24) is 5.43 Å². The van der Waals surface area contributed by atoms with E-state index < -0.39 is 11.8 Å². The van der Waals surface area contributed by atoms with E-state index in [-0.39, 0.29) is 0 Å². The molecule has 0 heterocycles. The summed E-state index contributed by atoms with van der Waals surface area (Å²) in [6, 6.07) is 25.6. The second kappa shape index (κ2) is 11.2. The molecular weight excluding hydrogens is 466 g/mol. The summed E-state index contributed by atoms with van der Waals surface area (Å²) in [5.41, 5.74) is 4.40. The topological polar surface area (TPSA) is 89.0 Å². The lowest BCUT2D eigenvalue weighted by Crippen LogP contribution is -2.32. The highest BCUT2D eigenvalue weighted by atomic mass is 35.5. The molecule has 0 saturated heterocycles. The van der Waals surface area contributed by atoms with Crippen LogP contribution in [0.1, 0.15) is 11.1 Å². The average Bonchev–Trinajstić information content (AvgIpc) is 2.88. The minimum Gasteiger partial charge on any atom is -0.493 e. The number of hydrazone groups is 1. The predicted octanol–water partition coefficient (Wildman–Crippen LogP) is 5.17. The van der Waals surface area contributed by atoms with E-state index in [0.717, 1.165) is 16.3 Å². The van der Waals surface area contributed by atoms with Gasteiger partial charge in [-0.25, -0.2) is 5.43 Å². The number of hydrogen-bond donors (Lipinski definition) is 2. The Morgan fingerprint density at radius 1 is 0.914 bits per heavy atom. The van der Waals surface area contributed by atoms with Gasteiger partial charge in [0.1, 0.15) is 6.61 Å². The lowest BCUT2D eigenvalue weighted by molar-refractivity contribution is -0.136. The van der Waals surface area contributed by atoms with Crippen LogP contribution >= 0.6 is 11.6 Å². The van der Waals surface area contributed by atoms with Crippen LogP contribution in [0.25, 0.3) is 10.8 Å². The molecule has 4 rings (SSSR count). The molecule has 8 heteroatoms. The number of anilines is 1. The SMILES string of the molecule is COc1cc(/C=N/NC(=O)C(=O)Nc2cccc3ccccc23)ccc1OCc1ccc(Cl)cc1. The number of halogens is 1. The maximum atomic E-state index is 12.3. The van der Waals surface area contributed by atoms with Crippen molar-refractivity contribution in [2.75, 3.05) is 12.4 Å². The molecule has 0 saturated carbocycles. The van der Waals surface area contributed by atoms with Gasteiger partial charge in [0.25, 0.3) is 0 Å². The molecule has 0 spiro atoms. The van der Waals surface area contributed by atoms with Gasteiger partial charge in [0.05, 0.1) is 13.3 Å². The first-order valence-electron chi connectivity index (χ1n) is 10.7. The van der Waals surface area contributed by atoms with Gasteiger partial charge in [-0.15, -0.1) is 0 Å². The highest BCUT2D eigenvalue weighted by Crippen LogP contribution is 2.28. The number of benzene rings is 4. The summed E-state index contributed by atoms with van der Waals surface area (Å²) in [5, 5.41) is 8.96. The van der Waals surface area contributed by atoms with Crippen LogP contribution in [-0.2, 0) is 16.2 Å². The Balaban J connectivity index is 1.35. The van der Waals surface area contributed by atoms with Crippen molar-refractivity contribution >= 4 is 46.1 Å². The Morgan fingerprint density at radius 3 is 2.49 bits per heavy atom. The molecule has 0 bridgehead atoms. The first kappa shape index (κ1) is 23.8. The van der Waals surface area contributed by atoms with E-state index in [4.69, 9.17) is 21.1 Å². The number of amides is 2. The van der Waals surface area contributed by atoms with Gasteiger partial charge in [0.2, 0.25) is 0 Å². The number of nitrogens with zero attached hydrogens (tertiary/aromatic N) is 1. The van der Waals surface area contributed by atoms with Gasteiger partial charge >= 0.3 is 11.8 Å². The van der Waals surface area contributed by atoms with Crippen LogP contribution in [0.3, 0.4) is 0 Å². The van der Waals surface area contributed by atoms with Gasteiger partial charge in [0.15, 0.2) is 11.5 Å². The van der Waals surface area contributed by atoms with Crippen LogP contribution < -0.4 is 20.2 Å². The number of fused-ring (bicyclic) bond motifs is 1. The number of ether oxygens (including phenoxy) is 2. The van der Waals surface area contributed by atoms with Crippen molar-refractivity contribution in [3.8, 4) is 11.5 Å². The molecule has 2 amide bonds. The summed E-state index contributed by atoms with van der Waals surface area (Å²) >= 11 is 5.91. The number of hydrogen-bond acceptors (Lipinski definition) is 5. The van der Waals surface area contributed by atoms with Gasteiger partial charge in [-0.1, -0.05) is 60.1 Å². The molecule has 0 radical (unpaired) electrons. The molecule has 0 aliphatic carbocycles. The van der Waals surface area contributed by atoms with E-state index in [0.29, 0.717) is 34.4 Å². The smallest absolute Gasteiger partial charge is 0.329 e. The van der Waals surface area contributed by atoms with Crippen molar-refractivity contribution in [2.24, 2.45) is 5.10 Å². The van der Waals surface area contributed by atoms with E-state index in [2.05, 4.69) is 15.8 Å². The zero-order chi connectivity index (χ0) is 24.6. The fourth-order valence-electron chi connectivity index (χ4n) is 3.36. The zero-order valence-corrected chi connectivity index (χ0v) is 19.6. The summed E-state index contributed by atoms with van der Waals surface area (Å²) in [5.74, 6) is -0.646. The first-order chi connectivity index (χ1) is 17.0. The molecule has 7 nitrogen and oxygen atoms in total. The van der Waals surface area contributed by atoms with Gasteiger partial charge in [0, 0.05) is 16.1 Å². The summed E-state index contributed by atoms with van der Waals surface area (Å²) in [4.78, 5) is 24.5. The van der Waals surface area contributed by atoms with Gasteiger partial charge in [-0.3, -0.25) is 9.59 Å². The Morgan fingerprint density at radius 2 is 1.69 bits per heavy atom. The Hall–Kier alpha value is -4.36. The van der Waals surface area contributed by atoms with Crippen LogP contribution in [0.2, 0.25) is 5.02 Å². The zero-order valence-electron chi connectivity index (χ0n) is 18.8. The number of carbonyl (C=O) groups is 2. The maximum Gasteiger partial charge on any atom is 0.329 e. The molecule has 0 aromatic heterocycles. The third kappa shape index (κ3) is 6.16. The largest absolute Gasteiger partial charge is 0.493 e. The molecule has 4 aromatic rings. The molecule has 4 aromatic carbocycles. The van der Waals surface area contributed by atoms with E-state index in [1.165, 1.54) is 13.3 Å². The Bertz CT molecular complexity index is 1380. The molecule has 0 aliphatic rings. The second-order valence-electron chi connectivity index (χ2n) is 7.51. The minimum absolute atomic E-state index is 0.350. The van der Waals surface area contributed by atoms with E-state index in [1.54, 1.807) is 36.4 Å². The van der Waals surface area contributed by atoms with Gasteiger partial charge in [-0.2, -0.15) is 5.10 Å². The molecule has 0 aliphatic heterocycles. The molecule has 176 valence electrons. The maximum absolute atomic E-state index is 12.3. The fourth-order valence-corrected chi connectivity index (χ4v) is 3.48. The summed E-state index contributed by atoms with van der Waals surface area (Å²) in [6.45, 7) is 0.350. The van der Waals surface area contributed by atoms with Gasteiger partial charge < -0.3 is 14.8 Å². The monoisotopic (exact) mass is 487 g/mol. The van der Waals surface area contributed by atoms with E-state index >= 15 is 0 Å². The molecule has 35 heavy (non-hydrogen) atoms. The standard InChI is InChI=1S/C27H22ClN3O4/c1-34-25-15-19(11-14-24(25)35-17-18-9-12-21(28)13-10-18)16-29-31-27(33)26(32)30-23-8-4-6-20-5-2-3-7-22(20)23/h2-16H,17H2,1H3,(H,30,32)(H,31,33)/b29-16+. The Labute approximate surface area is 207 Å². The van der Waals surface area contributed by atoms with Crippen LogP contribution in [0.4, 0.5) is 5.69 Å². The van der Waals surface area contributed by atoms with Gasteiger partial charge in [-0.05, 0) is 52.9 Å². The number of nitrogens with one attached hydrogen (secondary N) is 2. The first-order valence-corrected chi connectivity index (χ1v) is 11.1. The van der Waals surface area contributed by atoms with Crippen molar-refractivity contribution < 1.29 is 19.1 Å². The number of carbonyl (C=O) groups excluding carboxylic acids is 2. The summed E-state index contributed by atoms with van der Waals surface area (Å²) < 4.78 is 11.2. The quantitative estimate of drug-likeness (QED) is 0.214. The number of methoxy groups -OCH3 is 1. The molecule has 0 atom stereocenters. The van der Waals surface area contributed by atoms with Crippen molar-refractivity contribution in [2.45, 2.75) is 6.61 Å². The normalized spacial score (nSPS) is 10.8. The van der Waals surface area contributed by atoms with Crippen LogP contribution in [0, 0.1) is 0 Å². The highest BCUT2D eigenvalue weighted by Gasteiger charge is 2.14. The second-order valence-corrected chi connectivity index (χ2v) is 7.94. The summed E-state index contributed by atoms with van der Waals surface area (Å²) in [6.07, 6.45) is 1.41. The summed E-state index contributed by atoms with van der Waals surface area (Å²) in [7, 11) is 1.53. The molecule has 0 fully saturated rings. The Kier molecular flexibility index (Phi) is 7.60. The van der Waals surface area contributed by atoms with Crippen molar-refractivity contribution in [1.29, 1.82) is 0 Å².